The minimum atomic E-state index is -4.88. The number of aromatic nitrogens is 3. The van der Waals surface area contributed by atoms with Crippen LogP contribution >= 0.6 is 0 Å². The zero-order valence-corrected chi connectivity index (χ0v) is 18.7. The number of amides is 2. The van der Waals surface area contributed by atoms with Crippen molar-refractivity contribution in [1.29, 1.82) is 0 Å². The van der Waals surface area contributed by atoms with Gasteiger partial charge in [-0.1, -0.05) is 12.1 Å². The molecule has 1 fully saturated rings. The van der Waals surface area contributed by atoms with Gasteiger partial charge in [-0.25, -0.2) is 18.7 Å². The fourth-order valence-electron chi connectivity index (χ4n) is 3.92. The standard InChI is InChI=1S/C24H20F4N6O2/c25-19-5-4-17(13-18(19)24(26,27)28)31-23(35)30-16-3-1-2-15(12-16)20-6-7-29-21-14-22(32-34(20)21)33-8-10-36-11-9-33/h1-7,12-14H,8-11H2,(H2,30,31,35). The fourth-order valence-corrected chi connectivity index (χ4v) is 3.92. The molecule has 0 atom stereocenters. The SMILES string of the molecule is O=C(Nc1cccc(-c2ccnc3cc(N4CCOCC4)nn23)c1)Nc1ccc(F)c(C(F)(F)F)c1. The highest BCUT2D eigenvalue weighted by molar-refractivity contribution is 6.00. The fraction of sp³-hybridized carbons (Fsp3) is 0.208. The molecule has 2 N–H and O–H groups in total. The molecule has 8 nitrogen and oxygen atoms in total. The van der Waals surface area contributed by atoms with E-state index in [0.717, 1.165) is 36.2 Å². The number of carbonyl (C=O) groups is 1. The Labute approximate surface area is 202 Å². The van der Waals surface area contributed by atoms with Crippen LogP contribution in [0.4, 0.5) is 39.5 Å². The molecule has 186 valence electrons. The lowest BCUT2D eigenvalue weighted by Gasteiger charge is -2.26. The third-order valence-corrected chi connectivity index (χ3v) is 5.63. The van der Waals surface area contributed by atoms with Gasteiger partial charge in [0.05, 0.1) is 24.5 Å². The summed E-state index contributed by atoms with van der Waals surface area (Å²) in [5, 5.41) is 9.58. The molecule has 1 aliphatic rings. The van der Waals surface area contributed by atoms with Crippen molar-refractivity contribution >= 4 is 28.9 Å². The Kier molecular flexibility index (Phi) is 6.18. The number of hydrogen-bond donors (Lipinski definition) is 2. The van der Waals surface area contributed by atoms with Gasteiger partial charge in [0.2, 0.25) is 0 Å². The van der Waals surface area contributed by atoms with Gasteiger partial charge in [-0.15, -0.1) is 5.10 Å². The Morgan fingerprint density at radius 1 is 0.972 bits per heavy atom. The summed E-state index contributed by atoms with van der Waals surface area (Å²) >= 11 is 0. The van der Waals surface area contributed by atoms with Crippen LogP contribution < -0.4 is 15.5 Å². The Hall–Kier alpha value is -4.19. The van der Waals surface area contributed by atoms with Crippen molar-refractivity contribution in [1.82, 2.24) is 14.6 Å². The molecule has 0 aliphatic carbocycles. The van der Waals surface area contributed by atoms with E-state index < -0.39 is 23.6 Å². The first-order valence-electron chi connectivity index (χ1n) is 11.0. The number of rotatable bonds is 4. The number of urea groups is 1. The van der Waals surface area contributed by atoms with Gasteiger partial charge in [0.25, 0.3) is 0 Å². The van der Waals surface area contributed by atoms with Gasteiger partial charge in [0.15, 0.2) is 11.5 Å². The molecule has 0 spiro atoms. The van der Waals surface area contributed by atoms with Crippen LogP contribution in [0.25, 0.3) is 16.9 Å². The number of ether oxygens (including phenoxy) is 1. The highest BCUT2D eigenvalue weighted by Crippen LogP contribution is 2.33. The van der Waals surface area contributed by atoms with Crippen molar-refractivity contribution in [3.8, 4) is 11.3 Å². The third kappa shape index (κ3) is 4.93. The molecule has 2 aromatic heterocycles. The molecule has 2 amide bonds. The predicted molar refractivity (Wildman–Crippen MR) is 125 cm³/mol. The van der Waals surface area contributed by atoms with Crippen LogP contribution in [0.1, 0.15) is 5.56 Å². The summed E-state index contributed by atoms with van der Waals surface area (Å²) < 4.78 is 59.5. The van der Waals surface area contributed by atoms with Crippen molar-refractivity contribution < 1.29 is 27.1 Å². The predicted octanol–water partition coefficient (Wildman–Crippen LogP) is 5.03. The molecule has 2 aromatic carbocycles. The molecule has 0 unspecified atom stereocenters. The van der Waals surface area contributed by atoms with Gasteiger partial charge in [-0.3, -0.25) is 0 Å². The lowest BCUT2D eigenvalue weighted by atomic mass is 10.1. The van der Waals surface area contributed by atoms with Gasteiger partial charge >= 0.3 is 12.2 Å². The summed E-state index contributed by atoms with van der Waals surface area (Å²) in [6.45, 7) is 2.71. The molecule has 1 saturated heterocycles. The summed E-state index contributed by atoms with van der Waals surface area (Å²) in [6, 6.07) is 12.1. The molecule has 0 bridgehead atoms. The summed E-state index contributed by atoms with van der Waals surface area (Å²) in [5.41, 5.74) is 0.866. The van der Waals surface area contributed by atoms with Gasteiger partial charge in [0, 0.05) is 42.3 Å². The van der Waals surface area contributed by atoms with Crippen molar-refractivity contribution in [3.63, 3.8) is 0 Å². The van der Waals surface area contributed by atoms with Crippen LogP contribution in [0.15, 0.2) is 60.8 Å². The van der Waals surface area contributed by atoms with E-state index in [1.807, 2.05) is 12.1 Å². The van der Waals surface area contributed by atoms with E-state index >= 15 is 0 Å². The number of alkyl halides is 3. The molecule has 4 aromatic rings. The number of benzene rings is 2. The largest absolute Gasteiger partial charge is 0.419 e. The number of carbonyl (C=O) groups excluding carboxylic acids is 1. The molecule has 36 heavy (non-hydrogen) atoms. The Balaban J connectivity index is 1.36. The van der Waals surface area contributed by atoms with E-state index in [-0.39, 0.29) is 5.69 Å². The van der Waals surface area contributed by atoms with Gasteiger partial charge < -0.3 is 20.3 Å². The first-order chi connectivity index (χ1) is 17.3. The Bertz CT molecular complexity index is 1420. The number of nitrogens with zero attached hydrogens (tertiary/aromatic N) is 4. The smallest absolute Gasteiger partial charge is 0.378 e. The van der Waals surface area contributed by atoms with Gasteiger partial charge in [-0.05, 0) is 36.4 Å². The number of nitrogens with one attached hydrogen (secondary N) is 2. The Morgan fingerprint density at radius 2 is 1.72 bits per heavy atom. The second kappa shape index (κ2) is 9.46. The first-order valence-corrected chi connectivity index (χ1v) is 11.0. The maximum Gasteiger partial charge on any atom is 0.419 e. The van der Waals surface area contributed by atoms with Crippen LogP contribution in [-0.4, -0.2) is 46.9 Å². The highest BCUT2D eigenvalue weighted by Gasteiger charge is 2.34. The summed E-state index contributed by atoms with van der Waals surface area (Å²) in [4.78, 5) is 18.9. The lowest BCUT2D eigenvalue weighted by Crippen LogP contribution is -2.36. The maximum absolute atomic E-state index is 13.5. The molecule has 0 saturated carbocycles. The van der Waals surface area contributed by atoms with Crippen LogP contribution in [0.5, 0.6) is 0 Å². The monoisotopic (exact) mass is 500 g/mol. The molecular weight excluding hydrogens is 480 g/mol. The number of anilines is 3. The number of halogens is 4. The average Bonchev–Trinajstić information content (AvgIpc) is 3.30. The molecule has 5 rings (SSSR count). The second-order valence-electron chi connectivity index (χ2n) is 8.05. The van der Waals surface area contributed by atoms with E-state index in [1.54, 1.807) is 35.0 Å². The van der Waals surface area contributed by atoms with E-state index in [1.165, 1.54) is 0 Å². The second-order valence-corrected chi connectivity index (χ2v) is 8.05. The number of hydrogen-bond acceptors (Lipinski definition) is 5. The van der Waals surface area contributed by atoms with Gasteiger partial charge in [0.1, 0.15) is 5.82 Å². The Morgan fingerprint density at radius 3 is 2.47 bits per heavy atom. The van der Waals surface area contributed by atoms with Gasteiger partial charge in [-0.2, -0.15) is 13.2 Å². The molecule has 1 aliphatic heterocycles. The molecule has 12 heteroatoms. The third-order valence-electron chi connectivity index (χ3n) is 5.63. The van der Waals surface area contributed by atoms with E-state index in [4.69, 9.17) is 9.84 Å². The van der Waals surface area contributed by atoms with Crippen LogP contribution in [-0.2, 0) is 10.9 Å². The zero-order valence-electron chi connectivity index (χ0n) is 18.7. The summed E-state index contributed by atoms with van der Waals surface area (Å²) in [7, 11) is 0. The van der Waals surface area contributed by atoms with Crippen LogP contribution in [0.3, 0.4) is 0 Å². The van der Waals surface area contributed by atoms with Crippen molar-refractivity contribution in [2.24, 2.45) is 0 Å². The van der Waals surface area contributed by atoms with E-state index in [0.29, 0.717) is 36.7 Å². The first kappa shape index (κ1) is 23.5. The average molecular weight is 500 g/mol. The summed E-state index contributed by atoms with van der Waals surface area (Å²) in [5.74, 6) is -0.635. The number of morpholine rings is 1. The van der Waals surface area contributed by atoms with Crippen molar-refractivity contribution in [2.75, 3.05) is 41.8 Å². The molecule has 0 radical (unpaired) electrons. The van der Waals surface area contributed by atoms with Crippen molar-refractivity contribution in [3.05, 3.63) is 72.2 Å². The summed E-state index contributed by atoms with van der Waals surface area (Å²) in [6.07, 6.45) is -3.22. The minimum Gasteiger partial charge on any atom is -0.378 e. The van der Waals surface area contributed by atoms with Crippen LogP contribution in [0.2, 0.25) is 0 Å². The minimum absolute atomic E-state index is 0.194. The van der Waals surface area contributed by atoms with E-state index in [9.17, 15) is 22.4 Å². The lowest BCUT2D eigenvalue weighted by molar-refractivity contribution is -0.139. The van der Waals surface area contributed by atoms with Crippen molar-refractivity contribution in [2.45, 2.75) is 6.18 Å². The highest BCUT2D eigenvalue weighted by atomic mass is 19.4. The van der Waals surface area contributed by atoms with E-state index in [2.05, 4.69) is 20.5 Å². The quantitative estimate of drug-likeness (QED) is 0.384. The molecule has 3 heterocycles. The van der Waals surface area contributed by atoms with Crippen LogP contribution in [0, 0.1) is 5.82 Å². The maximum atomic E-state index is 13.5. The normalized spacial score (nSPS) is 14.2. The molecular formula is C24H20F4N6O2. The topological polar surface area (TPSA) is 83.8 Å². The number of fused-ring (bicyclic) bond motifs is 1. The zero-order chi connectivity index (χ0) is 25.3.